The van der Waals surface area contributed by atoms with Crippen LogP contribution in [0, 0.1) is 0 Å². The second kappa shape index (κ2) is 4.41. The van der Waals surface area contributed by atoms with Crippen LogP contribution < -0.4 is 5.73 Å². The molecule has 2 nitrogen and oxygen atoms in total. The van der Waals surface area contributed by atoms with Gasteiger partial charge in [-0.25, -0.2) is 0 Å². The molecule has 0 saturated carbocycles. The molecule has 0 aliphatic rings. The van der Waals surface area contributed by atoms with Gasteiger partial charge in [0.2, 0.25) is 5.91 Å². The van der Waals surface area contributed by atoms with E-state index in [1.807, 2.05) is 36.4 Å². The minimum Gasteiger partial charge on any atom is -0.366 e. The Hall–Kier alpha value is -1.74. The maximum atomic E-state index is 11.3. The van der Waals surface area contributed by atoms with Crippen molar-refractivity contribution in [2.75, 3.05) is 0 Å². The zero-order chi connectivity index (χ0) is 11.5. The molecule has 0 aliphatic heterocycles. The maximum absolute atomic E-state index is 11.3. The Balaban J connectivity index is 2.65. The van der Waals surface area contributed by atoms with Crippen molar-refractivity contribution in [3.63, 3.8) is 0 Å². The third kappa shape index (κ3) is 1.95. The van der Waals surface area contributed by atoms with Gasteiger partial charge >= 0.3 is 0 Å². The molecule has 2 rings (SSSR count). The smallest absolute Gasteiger partial charge is 0.249 e. The van der Waals surface area contributed by atoms with Crippen molar-refractivity contribution >= 4 is 18.5 Å². The Morgan fingerprint density at radius 1 is 0.938 bits per heavy atom. The molecule has 0 spiro atoms. The van der Waals surface area contributed by atoms with Gasteiger partial charge in [-0.3, -0.25) is 4.79 Å². The minimum absolute atomic E-state index is 0.424. The maximum Gasteiger partial charge on any atom is 0.249 e. The highest BCUT2D eigenvalue weighted by atomic mass is 32.1. The summed E-state index contributed by atoms with van der Waals surface area (Å²) in [4.78, 5) is 12.1. The van der Waals surface area contributed by atoms with Gasteiger partial charge in [-0.05, 0) is 23.3 Å². The summed E-state index contributed by atoms with van der Waals surface area (Å²) in [6, 6.07) is 14.9. The van der Waals surface area contributed by atoms with Gasteiger partial charge < -0.3 is 5.73 Å². The van der Waals surface area contributed by atoms with Crippen LogP contribution in [0.25, 0.3) is 11.1 Å². The van der Waals surface area contributed by atoms with E-state index in [0.717, 1.165) is 16.0 Å². The second-order valence-electron chi connectivity index (χ2n) is 3.43. The lowest BCUT2D eigenvalue weighted by atomic mass is 9.99. The molecule has 0 fully saturated rings. The van der Waals surface area contributed by atoms with E-state index in [1.165, 1.54) is 0 Å². The third-order valence-corrected chi connectivity index (χ3v) is 2.78. The van der Waals surface area contributed by atoms with Gasteiger partial charge in [0.15, 0.2) is 0 Å². The molecule has 16 heavy (non-hydrogen) atoms. The van der Waals surface area contributed by atoms with E-state index in [4.69, 9.17) is 5.73 Å². The van der Waals surface area contributed by atoms with Crippen molar-refractivity contribution in [3.05, 3.63) is 54.1 Å². The molecule has 2 aromatic rings. The van der Waals surface area contributed by atoms with Gasteiger partial charge in [-0.15, -0.1) is 12.6 Å². The van der Waals surface area contributed by atoms with Gasteiger partial charge in [-0.1, -0.05) is 36.4 Å². The second-order valence-corrected chi connectivity index (χ2v) is 3.91. The molecule has 1 amide bonds. The van der Waals surface area contributed by atoms with Crippen molar-refractivity contribution in [1.29, 1.82) is 0 Å². The average Bonchev–Trinajstić information content (AvgIpc) is 2.29. The van der Waals surface area contributed by atoms with E-state index < -0.39 is 5.91 Å². The van der Waals surface area contributed by atoms with Crippen LogP contribution in [-0.4, -0.2) is 5.91 Å². The number of primary amides is 1. The monoisotopic (exact) mass is 229 g/mol. The normalized spacial score (nSPS) is 10.1. The molecule has 0 aliphatic carbocycles. The SMILES string of the molecule is NC(=O)c1ccccc1-c1ccccc1S. The van der Waals surface area contributed by atoms with Gasteiger partial charge in [0, 0.05) is 10.5 Å². The number of hydrogen-bond acceptors (Lipinski definition) is 2. The van der Waals surface area contributed by atoms with Gasteiger partial charge in [0.05, 0.1) is 0 Å². The number of nitrogens with two attached hydrogens (primary N) is 1. The summed E-state index contributed by atoms with van der Waals surface area (Å²) in [6.07, 6.45) is 0. The van der Waals surface area contributed by atoms with Crippen molar-refractivity contribution in [2.24, 2.45) is 5.73 Å². The number of rotatable bonds is 2. The van der Waals surface area contributed by atoms with Crippen LogP contribution in [0.3, 0.4) is 0 Å². The predicted molar refractivity (Wildman–Crippen MR) is 67.6 cm³/mol. The van der Waals surface area contributed by atoms with Crippen molar-refractivity contribution in [3.8, 4) is 11.1 Å². The Morgan fingerprint density at radius 3 is 2.12 bits per heavy atom. The van der Waals surface area contributed by atoms with Crippen LogP contribution in [0.4, 0.5) is 0 Å². The first-order chi connectivity index (χ1) is 7.70. The third-order valence-electron chi connectivity index (χ3n) is 2.39. The summed E-state index contributed by atoms with van der Waals surface area (Å²) in [5.74, 6) is -0.424. The highest BCUT2D eigenvalue weighted by molar-refractivity contribution is 7.80. The Kier molecular flexibility index (Phi) is 2.97. The summed E-state index contributed by atoms with van der Waals surface area (Å²) in [7, 11) is 0. The summed E-state index contributed by atoms with van der Waals surface area (Å²) >= 11 is 4.37. The Labute approximate surface area is 99.5 Å². The average molecular weight is 229 g/mol. The van der Waals surface area contributed by atoms with E-state index in [9.17, 15) is 4.79 Å². The Bertz CT molecular complexity index is 537. The number of amides is 1. The first kappa shape index (κ1) is 10.8. The highest BCUT2D eigenvalue weighted by Gasteiger charge is 2.10. The van der Waals surface area contributed by atoms with E-state index in [0.29, 0.717) is 5.56 Å². The fourth-order valence-electron chi connectivity index (χ4n) is 1.63. The minimum atomic E-state index is -0.424. The number of hydrogen-bond donors (Lipinski definition) is 2. The molecular weight excluding hydrogens is 218 g/mol. The predicted octanol–water partition coefficient (Wildman–Crippen LogP) is 2.74. The first-order valence-corrected chi connectivity index (χ1v) is 5.32. The Morgan fingerprint density at radius 2 is 1.50 bits per heavy atom. The van der Waals surface area contributed by atoms with E-state index in [-0.39, 0.29) is 0 Å². The molecule has 0 bridgehead atoms. The fraction of sp³-hybridized carbons (Fsp3) is 0. The summed E-state index contributed by atoms with van der Waals surface area (Å²) < 4.78 is 0. The lowest BCUT2D eigenvalue weighted by Gasteiger charge is -2.08. The molecule has 0 atom stereocenters. The first-order valence-electron chi connectivity index (χ1n) is 4.87. The zero-order valence-electron chi connectivity index (χ0n) is 8.55. The molecule has 0 radical (unpaired) electrons. The van der Waals surface area contributed by atoms with Gasteiger partial charge in [0.1, 0.15) is 0 Å². The molecule has 3 heteroatoms. The number of carbonyl (C=O) groups is 1. The molecule has 80 valence electrons. The van der Waals surface area contributed by atoms with Crippen LogP contribution >= 0.6 is 12.6 Å². The molecule has 0 aromatic heterocycles. The van der Waals surface area contributed by atoms with E-state index in [1.54, 1.807) is 12.1 Å². The van der Waals surface area contributed by atoms with Crippen molar-refractivity contribution < 1.29 is 4.79 Å². The van der Waals surface area contributed by atoms with Crippen molar-refractivity contribution in [1.82, 2.24) is 0 Å². The quantitative estimate of drug-likeness (QED) is 0.764. The topological polar surface area (TPSA) is 43.1 Å². The summed E-state index contributed by atoms with van der Waals surface area (Å²) in [5, 5.41) is 0. The highest BCUT2D eigenvalue weighted by Crippen LogP contribution is 2.28. The molecular formula is C13H11NOS. The largest absolute Gasteiger partial charge is 0.366 e. The zero-order valence-corrected chi connectivity index (χ0v) is 9.45. The molecule has 2 aromatic carbocycles. The van der Waals surface area contributed by atoms with E-state index in [2.05, 4.69) is 12.6 Å². The van der Waals surface area contributed by atoms with Gasteiger partial charge in [-0.2, -0.15) is 0 Å². The van der Waals surface area contributed by atoms with Crippen LogP contribution in [0.1, 0.15) is 10.4 Å². The molecule has 0 unspecified atom stereocenters. The summed E-state index contributed by atoms with van der Waals surface area (Å²) in [5.41, 5.74) is 7.59. The van der Waals surface area contributed by atoms with Crippen LogP contribution in [0.2, 0.25) is 0 Å². The van der Waals surface area contributed by atoms with Gasteiger partial charge in [0.25, 0.3) is 0 Å². The van der Waals surface area contributed by atoms with Crippen molar-refractivity contribution in [2.45, 2.75) is 4.90 Å². The molecule has 2 N–H and O–H groups in total. The van der Waals surface area contributed by atoms with Crippen LogP contribution in [0.15, 0.2) is 53.4 Å². The standard InChI is InChI=1S/C13H11NOS/c14-13(15)11-7-2-1-5-9(11)10-6-3-4-8-12(10)16/h1-8,16H,(H2,14,15). The molecule has 0 saturated heterocycles. The lowest BCUT2D eigenvalue weighted by Crippen LogP contribution is -2.12. The summed E-state index contributed by atoms with van der Waals surface area (Å²) in [6.45, 7) is 0. The number of thiol groups is 1. The van der Waals surface area contributed by atoms with E-state index >= 15 is 0 Å². The fourth-order valence-corrected chi connectivity index (χ4v) is 1.92. The number of carbonyl (C=O) groups excluding carboxylic acids is 1. The van der Waals surface area contributed by atoms with Crippen LogP contribution in [0.5, 0.6) is 0 Å². The number of benzene rings is 2. The lowest BCUT2D eigenvalue weighted by molar-refractivity contribution is 0.100. The molecule has 0 heterocycles. The van der Waals surface area contributed by atoms with Crippen LogP contribution in [-0.2, 0) is 0 Å².